The van der Waals surface area contributed by atoms with Crippen molar-refractivity contribution in [3.63, 3.8) is 0 Å². The Bertz CT molecular complexity index is 1200. The summed E-state index contributed by atoms with van der Waals surface area (Å²) < 4.78 is 7.24. The molecule has 1 aliphatic carbocycles. The summed E-state index contributed by atoms with van der Waals surface area (Å²) in [7, 11) is 1.62. The highest BCUT2D eigenvalue weighted by Crippen LogP contribution is 2.27. The van der Waals surface area contributed by atoms with Crippen LogP contribution in [0.25, 0.3) is 5.69 Å². The number of carbonyl (C=O) groups is 2. The number of hydrogen-bond donors (Lipinski definition) is 0. The fraction of sp³-hybridized carbons (Fsp3) is 0.393. The van der Waals surface area contributed by atoms with Crippen LogP contribution in [0.15, 0.2) is 54.6 Å². The summed E-state index contributed by atoms with van der Waals surface area (Å²) in [6.07, 6.45) is 5.54. The van der Waals surface area contributed by atoms with Crippen LogP contribution in [-0.4, -0.2) is 64.7 Å². The maximum atomic E-state index is 13.6. The summed E-state index contributed by atoms with van der Waals surface area (Å²) in [5.41, 5.74) is 4.79. The van der Waals surface area contributed by atoms with Crippen LogP contribution in [0.2, 0.25) is 0 Å². The molecule has 2 amide bonds. The van der Waals surface area contributed by atoms with Gasteiger partial charge in [-0.2, -0.15) is 5.10 Å². The molecule has 0 radical (unpaired) electrons. The lowest BCUT2D eigenvalue weighted by Gasteiger charge is -2.34. The van der Waals surface area contributed by atoms with Crippen LogP contribution >= 0.6 is 0 Å². The number of benzene rings is 2. The first-order valence-electron chi connectivity index (χ1n) is 12.5. The molecule has 0 N–H and O–H groups in total. The van der Waals surface area contributed by atoms with Gasteiger partial charge in [0.25, 0.3) is 5.91 Å². The standard InChI is InChI=1S/C28H32N4O3/c1-35-23-12-8-9-21(19-23)20-26(33)30-15-17-31(18-16-30)28(34)27-24-13-6-3-7-14-25(24)32(29-27)22-10-4-2-5-11-22/h2,4-5,8-12,19H,3,6-7,13-18,20H2,1H3. The molecule has 5 rings (SSSR count). The zero-order valence-electron chi connectivity index (χ0n) is 20.3. The molecule has 0 bridgehead atoms. The molecule has 1 saturated heterocycles. The SMILES string of the molecule is COc1cccc(CC(=O)N2CCN(C(=O)c3nn(-c4ccccc4)c4c3CCCCC4)CC2)c1. The van der Waals surface area contributed by atoms with E-state index in [1.165, 1.54) is 12.1 Å². The van der Waals surface area contributed by atoms with Crippen LogP contribution in [0.1, 0.15) is 46.6 Å². The molecule has 0 unspecified atom stereocenters. The van der Waals surface area contributed by atoms with Crippen molar-refractivity contribution in [3.05, 3.63) is 77.1 Å². The number of hydrogen-bond acceptors (Lipinski definition) is 4. The van der Waals surface area contributed by atoms with Crippen LogP contribution in [0.4, 0.5) is 0 Å². The minimum absolute atomic E-state index is 0.0160. The second-order valence-electron chi connectivity index (χ2n) is 9.28. The number of nitrogens with zero attached hydrogens (tertiary/aromatic N) is 4. The molecule has 0 saturated carbocycles. The van der Waals surface area contributed by atoms with Crippen molar-refractivity contribution in [2.45, 2.75) is 38.5 Å². The summed E-state index contributed by atoms with van der Waals surface area (Å²) in [5, 5.41) is 4.84. The molecule has 2 aliphatic rings. The Labute approximate surface area is 206 Å². The number of rotatable bonds is 5. The van der Waals surface area contributed by atoms with Gasteiger partial charge in [-0.15, -0.1) is 0 Å². The summed E-state index contributed by atoms with van der Waals surface area (Å²) in [6.45, 7) is 2.12. The minimum atomic E-state index is -0.0160. The number of fused-ring (bicyclic) bond motifs is 1. The summed E-state index contributed by atoms with van der Waals surface area (Å²) in [4.78, 5) is 30.2. The van der Waals surface area contributed by atoms with Crippen molar-refractivity contribution in [3.8, 4) is 11.4 Å². The van der Waals surface area contributed by atoms with Crippen LogP contribution in [0.5, 0.6) is 5.75 Å². The van der Waals surface area contributed by atoms with E-state index < -0.39 is 0 Å². The zero-order chi connectivity index (χ0) is 24.2. The van der Waals surface area contributed by atoms with E-state index in [0.29, 0.717) is 38.3 Å². The maximum absolute atomic E-state index is 13.6. The lowest BCUT2D eigenvalue weighted by atomic mass is 10.1. The van der Waals surface area contributed by atoms with Crippen LogP contribution < -0.4 is 4.74 Å². The minimum Gasteiger partial charge on any atom is -0.497 e. The number of aromatic nitrogens is 2. The molecular formula is C28H32N4O3. The first-order valence-corrected chi connectivity index (χ1v) is 12.5. The largest absolute Gasteiger partial charge is 0.497 e. The van der Waals surface area contributed by atoms with Gasteiger partial charge in [0.1, 0.15) is 5.75 Å². The topological polar surface area (TPSA) is 67.7 Å². The summed E-state index contributed by atoms with van der Waals surface area (Å²) in [6, 6.07) is 17.7. The Morgan fingerprint density at radius 3 is 2.40 bits per heavy atom. The first kappa shape index (κ1) is 23.1. The average Bonchev–Trinajstić information content (AvgIpc) is 3.09. The zero-order valence-corrected chi connectivity index (χ0v) is 20.3. The quantitative estimate of drug-likeness (QED) is 0.532. The maximum Gasteiger partial charge on any atom is 0.274 e. The predicted octanol–water partition coefficient (Wildman–Crippen LogP) is 3.68. The Balaban J connectivity index is 1.29. The molecule has 35 heavy (non-hydrogen) atoms. The van der Waals surface area contributed by atoms with Gasteiger partial charge in [0.15, 0.2) is 5.69 Å². The van der Waals surface area contributed by atoms with Crippen molar-refractivity contribution >= 4 is 11.8 Å². The molecule has 3 aromatic rings. The fourth-order valence-corrected chi connectivity index (χ4v) is 5.11. The first-order chi connectivity index (χ1) is 17.1. The molecular weight excluding hydrogens is 440 g/mol. The number of amides is 2. The number of para-hydroxylation sites is 1. The van der Waals surface area contributed by atoms with E-state index in [-0.39, 0.29) is 11.8 Å². The summed E-state index contributed by atoms with van der Waals surface area (Å²) >= 11 is 0. The van der Waals surface area contributed by atoms with Gasteiger partial charge in [0, 0.05) is 37.4 Å². The van der Waals surface area contributed by atoms with Gasteiger partial charge in [0.05, 0.1) is 19.2 Å². The number of carbonyl (C=O) groups excluding carboxylic acids is 2. The van der Waals surface area contributed by atoms with Gasteiger partial charge in [-0.1, -0.05) is 36.8 Å². The van der Waals surface area contributed by atoms with Crippen LogP contribution in [-0.2, 0) is 24.1 Å². The molecule has 2 heterocycles. The highest BCUT2D eigenvalue weighted by molar-refractivity contribution is 5.94. The molecule has 1 aliphatic heterocycles. The van der Waals surface area contributed by atoms with Gasteiger partial charge < -0.3 is 14.5 Å². The lowest BCUT2D eigenvalue weighted by molar-refractivity contribution is -0.131. The number of piperazine rings is 1. The summed E-state index contributed by atoms with van der Waals surface area (Å²) in [5.74, 6) is 0.810. The molecule has 0 atom stereocenters. The van der Waals surface area contributed by atoms with E-state index in [4.69, 9.17) is 9.84 Å². The third-order valence-electron chi connectivity index (χ3n) is 7.04. The van der Waals surface area contributed by atoms with Crippen LogP contribution in [0, 0.1) is 0 Å². The molecule has 2 aromatic carbocycles. The Morgan fingerprint density at radius 2 is 1.63 bits per heavy atom. The number of methoxy groups -OCH3 is 1. The number of ether oxygens (including phenoxy) is 1. The van der Waals surface area contributed by atoms with E-state index in [1.54, 1.807) is 7.11 Å². The fourth-order valence-electron chi connectivity index (χ4n) is 5.11. The lowest BCUT2D eigenvalue weighted by Crippen LogP contribution is -2.51. The Morgan fingerprint density at radius 1 is 0.886 bits per heavy atom. The van der Waals surface area contributed by atoms with Crippen molar-refractivity contribution in [1.29, 1.82) is 0 Å². The highest BCUT2D eigenvalue weighted by atomic mass is 16.5. The predicted molar refractivity (Wildman–Crippen MR) is 134 cm³/mol. The Kier molecular flexibility index (Phi) is 6.84. The highest BCUT2D eigenvalue weighted by Gasteiger charge is 2.30. The molecule has 7 nitrogen and oxygen atoms in total. The van der Waals surface area contributed by atoms with E-state index in [0.717, 1.165) is 48.2 Å². The molecule has 7 heteroatoms. The molecule has 1 aromatic heterocycles. The van der Waals surface area contributed by atoms with E-state index >= 15 is 0 Å². The van der Waals surface area contributed by atoms with Gasteiger partial charge >= 0.3 is 0 Å². The monoisotopic (exact) mass is 472 g/mol. The molecule has 0 spiro atoms. The second kappa shape index (κ2) is 10.3. The second-order valence-corrected chi connectivity index (χ2v) is 9.28. The van der Waals surface area contributed by atoms with E-state index in [9.17, 15) is 9.59 Å². The van der Waals surface area contributed by atoms with E-state index in [2.05, 4.69) is 0 Å². The van der Waals surface area contributed by atoms with E-state index in [1.807, 2.05) is 69.1 Å². The van der Waals surface area contributed by atoms with Crippen molar-refractivity contribution < 1.29 is 14.3 Å². The van der Waals surface area contributed by atoms with Gasteiger partial charge in [-0.05, 0) is 55.5 Å². The van der Waals surface area contributed by atoms with Crippen LogP contribution in [0.3, 0.4) is 0 Å². The van der Waals surface area contributed by atoms with Gasteiger partial charge in [0.2, 0.25) is 5.91 Å². The van der Waals surface area contributed by atoms with Crippen molar-refractivity contribution in [2.75, 3.05) is 33.3 Å². The Hall–Kier alpha value is -3.61. The van der Waals surface area contributed by atoms with Gasteiger partial charge in [-0.3, -0.25) is 9.59 Å². The molecule has 1 fully saturated rings. The van der Waals surface area contributed by atoms with Crippen molar-refractivity contribution in [2.24, 2.45) is 0 Å². The molecule has 182 valence electrons. The normalized spacial score (nSPS) is 15.9. The third kappa shape index (κ3) is 4.94. The van der Waals surface area contributed by atoms with Gasteiger partial charge in [-0.25, -0.2) is 4.68 Å². The smallest absolute Gasteiger partial charge is 0.274 e. The average molecular weight is 473 g/mol. The third-order valence-corrected chi connectivity index (χ3v) is 7.04. The van der Waals surface area contributed by atoms with Crippen molar-refractivity contribution in [1.82, 2.24) is 19.6 Å².